The van der Waals surface area contributed by atoms with Crippen LogP contribution in [0, 0.1) is 34.6 Å². The fourth-order valence-corrected chi connectivity index (χ4v) is 22.9. The first-order valence-electron chi connectivity index (χ1n) is 37.2. The van der Waals surface area contributed by atoms with Crippen LogP contribution in [0.4, 0.5) is 11.6 Å². The summed E-state index contributed by atoms with van der Waals surface area (Å²) >= 11 is 26.2. The maximum absolute atomic E-state index is 13.5. The molecule has 6 aliphatic rings. The second kappa shape index (κ2) is 38.9. The van der Waals surface area contributed by atoms with Crippen molar-refractivity contribution in [3.05, 3.63) is 165 Å². The standard InChI is InChI=1S/C62H85N16O33P6S6/c1-8-32-33(9-44(100-32)74-16-28(3)54(79)69-59(74)84)107-113(89,119)95-21-40-35(10-45(101-40)73-15-27(2)51(63)68-58(73)83)108-115(91,121)97-22-42-37(12-47(103-42)76-18-30(5)56(81)71-61(76)86)110-117(93,123)99-24-43-38(13-48(104-43)77-19-31(6)57(82)72-62(77)87)111-116(92,122)98-23-41-36(11-46(102-41)75-17-29(4)55(80)70-60(75)85)109-114(90,120)96-20-39-34(106-112(88,118)94-7)14-49(105-39)78-26-67-50-52(64)65-25-66-53(50)78/h15-19,25-26,32-49,88-93,118-123H,8-14,20-24H2,1-7H3,(H3-5,63,64,65,66,68,69,70,71,72,79,80,81,82,83,84,85,86,87)/q+1/p+5/t32-,33?,34?,35?,36?,37?,38?,39-,40-,41-,42-,43-,44-,45-,46-,47-,48-,49-,112?,113?,114?,115?,116?,117?/m1/s1. The van der Waals surface area contributed by atoms with E-state index in [9.17, 15) is 72.5 Å². The molecule has 0 amide bonds. The summed E-state index contributed by atoms with van der Waals surface area (Å²) in [7, 11) is -24.9. The van der Waals surface area contributed by atoms with Gasteiger partial charge in [-0.25, -0.2) is 38.9 Å². The Morgan fingerprint density at radius 2 is 0.659 bits per heavy atom. The van der Waals surface area contributed by atoms with Gasteiger partial charge in [-0.3, -0.25) is 66.5 Å². The summed E-state index contributed by atoms with van der Waals surface area (Å²) < 4.78 is 116. The van der Waals surface area contributed by atoms with Gasteiger partial charge in [0.2, 0.25) is 0 Å². The van der Waals surface area contributed by atoms with Crippen LogP contribution in [-0.4, -0.2) is 210 Å². The molecule has 24 atom stereocenters. The Balaban J connectivity index is 0.700. The largest absolute Gasteiger partial charge is 0.475 e. The van der Waals surface area contributed by atoms with Gasteiger partial charge >= 0.3 is 71.3 Å². The van der Waals surface area contributed by atoms with Crippen molar-refractivity contribution in [2.75, 3.05) is 51.6 Å². The van der Waals surface area contributed by atoms with Crippen molar-refractivity contribution < 1.29 is 112 Å². The average molecular weight is 1970 g/mol. The van der Waals surface area contributed by atoms with E-state index in [0.29, 0.717) is 12.0 Å². The lowest BCUT2D eigenvalue weighted by Gasteiger charge is -2.24. The van der Waals surface area contributed by atoms with Crippen LogP contribution < -0.4 is 62.2 Å². The maximum atomic E-state index is 13.5. The van der Waals surface area contributed by atoms with E-state index in [2.05, 4.69) is 113 Å². The highest BCUT2D eigenvalue weighted by molar-refractivity contribution is 8.48. The number of aromatic amines is 4. The molecule has 7 aromatic rings. The molecule has 13 heterocycles. The number of fused-ring (bicyclic) bond motifs is 1. The Morgan fingerprint density at radius 1 is 0.390 bits per heavy atom. The number of imidazole rings is 1. The minimum atomic E-state index is -4.60. The number of hydrogen-bond acceptors (Lipinski definition) is 45. The lowest BCUT2D eigenvalue weighted by molar-refractivity contribution is -0.0583. The van der Waals surface area contributed by atoms with Crippen LogP contribution in [0.3, 0.4) is 0 Å². The minimum absolute atomic E-state index is 0.00197. The van der Waals surface area contributed by atoms with Crippen LogP contribution in [0.2, 0.25) is 0 Å². The van der Waals surface area contributed by atoms with Crippen molar-refractivity contribution in [3.63, 3.8) is 0 Å². The van der Waals surface area contributed by atoms with Crippen molar-refractivity contribution in [1.82, 2.24) is 67.3 Å². The molecule has 13 rings (SSSR count). The molecule has 6 saturated heterocycles. The predicted molar refractivity (Wildman–Crippen MR) is 458 cm³/mol. The third-order valence-electron chi connectivity index (χ3n) is 20.4. The second-order valence-electron chi connectivity index (χ2n) is 29.1. The molecule has 12 unspecified atom stereocenters. The Hall–Kier alpha value is -4.53. The number of anilines is 2. The number of rotatable bonds is 35. The van der Waals surface area contributed by atoms with E-state index in [0.717, 1.165) is 18.3 Å². The molecule has 0 bridgehead atoms. The van der Waals surface area contributed by atoms with Crippen molar-refractivity contribution in [1.29, 1.82) is 0 Å². The van der Waals surface area contributed by atoms with Crippen molar-refractivity contribution in [2.24, 2.45) is 0 Å². The minimum Gasteiger partial charge on any atom is -0.383 e. The highest BCUT2D eigenvalue weighted by Gasteiger charge is 2.59. The summed E-state index contributed by atoms with van der Waals surface area (Å²) in [6.07, 6.45) is -14.0. The number of ether oxygens (including phenoxy) is 6. The number of aryl methyl sites for hydroxylation is 5. The Labute approximate surface area is 728 Å². The Kier molecular flexibility index (Phi) is 30.4. The van der Waals surface area contributed by atoms with E-state index in [4.69, 9.17) is 94.2 Å². The normalized spacial score (nSPS) is 29.7. The van der Waals surface area contributed by atoms with Crippen molar-refractivity contribution >= 4 is 139 Å². The van der Waals surface area contributed by atoms with E-state index >= 15 is 0 Å². The molecule has 0 aliphatic carbocycles. The quantitative estimate of drug-likeness (QED) is 0.0201. The number of nitrogens with two attached hydrogens (primary N) is 2. The molecule has 123 heavy (non-hydrogen) atoms. The third-order valence-corrected chi connectivity index (χ3v) is 30.5. The highest BCUT2D eigenvalue weighted by Crippen LogP contribution is 2.70. The molecule has 0 spiro atoms. The number of hydrogen-bond donors (Lipinski definition) is 18. The predicted octanol–water partition coefficient (Wildman–Crippen LogP) is 2.76. The zero-order chi connectivity index (χ0) is 89.1. The van der Waals surface area contributed by atoms with Crippen LogP contribution in [0.5, 0.6) is 0 Å². The van der Waals surface area contributed by atoms with Gasteiger partial charge in [0.15, 0.2) is 11.5 Å². The monoisotopic (exact) mass is 1960 g/mol. The molecule has 0 aromatic carbocycles. The zero-order valence-electron chi connectivity index (χ0n) is 65.6. The first kappa shape index (κ1) is 96.0. The lowest BCUT2D eigenvalue weighted by atomic mass is 10.1. The van der Waals surface area contributed by atoms with Gasteiger partial charge in [0.05, 0.1) is 93.0 Å². The molecular formula is C62H90N16O33P6S6+6. The van der Waals surface area contributed by atoms with Gasteiger partial charge in [0, 0.05) is 97.3 Å². The molecule has 0 radical (unpaired) electrons. The number of nitrogen functional groups attached to an aromatic ring is 2. The summed E-state index contributed by atoms with van der Waals surface area (Å²) in [6, 6.07) is 0. The van der Waals surface area contributed by atoms with Gasteiger partial charge in [-0.2, -0.15) is 88.6 Å². The first-order valence-corrected chi connectivity index (χ1v) is 53.6. The topological polar surface area (TPSA) is 637 Å². The second-order valence-corrected chi connectivity index (χ2v) is 47.0. The molecule has 6 aliphatic heterocycles. The van der Waals surface area contributed by atoms with Crippen LogP contribution in [0.15, 0.2) is 86.8 Å². The molecule has 7 aromatic heterocycles. The molecule has 14 N–H and O–H groups in total. The number of nitrogens with zero attached hydrogens (tertiary/aromatic N) is 10. The van der Waals surface area contributed by atoms with E-state index in [1.165, 1.54) is 87.6 Å². The molecular weight excluding hydrogens is 1880 g/mol. The van der Waals surface area contributed by atoms with E-state index in [-0.39, 0.29) is 83.6 Å². The molecule has 6 fully saturated rings. The van der Waals surface area contributed by atoms with E-state index in [1.54, 1.807) is 13.8 Å². The number of aromatic nitrogens is 14. The zero-order valence-corrected chi connectivity index (χ0v) is 76.4. The number of thiol groups is 6. The van der Waals surface area contributed by atoms with E-state index in [1.807, 2.05) is 0 Å². The summed E-state index contributed by atoms with van der Waals surface area (Å²) in [5.41, 5.74) is 6.26. The van der Waals surface area contributed by atoms with Crippen LogP contribution in [-0.2, 0) is 82.7 Å². The fraction of sp³-hybridized carbons (Fsp3) is 0.597. The van der Waals surface area contributed by atoms with Gasteiger partial charge in [-0.1, -0.05) is 6.92 Å². The highest BCUT2D eigenvalue weighted by atomic mass is 32.7. The molecule has 0 saturated carbocycles. The summed E-state index contributed by atoms with van der Waals surface area (Å²) in [6.45, 7) is 5.71. The Bertz CT molecular complexity index is 5590. The van der Waals surface area contributed by atoms with Crippen LogP contribution in [0.25, 0.3) is 11.2 Å². The molecule has 676 valence electrons. The van der Waals surface area contributed by atoms with E-state index < -0.39 is 237 Å². The van der Waals surface area contributed by atoms with Crippen LogP contribution in [0.1, 0.15) is 117 Å². The fourth-order valence-electron chi connectivity index (χ4n) is 14.2. The van der Waals surface area contributed by atoms with Gasteiger partial charge in [-0.05, 0) is 41.0 Å². The van der Waals surface area contributed by atoms with Gasteiger partial charge < -0.3 is 39.9 Å². The number of nitrogens with one attached hydrogen (secondary N) is 4. The number of H-pyrrole nitrogens is 4. The maximum Gasteiger partial charge on any atom is 0.475 e. The first-order chi connectivity index (χ1) is 57.7. The average Bonchev–Trinajstić information content (AvgIpc) is 1.63. The smallest absolute Gasteiger partial charge is 0.383 e. The van der Waals surface area contributed by atoms with Gasteiger partial charge in [-0.15, -0.1) is 0 Å². The summed E-state index contributed by atoms with van der Waals surface area (Å²) in [5, 5.41) is 0. The van der Waals surface area contributed by atoms with Gasteiger partial charge in [0.1, 0.15) is 155 Å². The Morgan fingerprint density at radius 3 is 0.959 bits per heavy atom. The summed E-state index contributed by atoms with van der Waals surface area (Å²) in [4.78, 5) is 213. The SMILES string of the molecule is CC[C@H]1O[C@@H](n2cc(C)c(=O)[nH]c2=O)CC1O[P+](O)(S)OC[C@H]1O[C@@H](n2cc(C)c(N)nc2=O)CC1O[P+](O)(S)OC[C@H]1O[C@@H](n2cc(C)c(=O)[nH]c2=O)CC1O[P+](O)(S)OC[C@H]1O[C@@H](n2cc(C)c(=O)[nH]c2=O)CC1O[P+](O)(S)OC[C@H]1O[C@@H](n2cc(C)c(=O)[nH]c2=O)CC1O[P+](O)(S)OC[C@H]1O[C@@H](n2cnc3c(N)ncnc32)CC1O[P+](O)(S)OC. The van der Waals surface area contributed by atoms with Crippen molar-refractivity contribution in [3.8, 4) is 0 Å². The summed E-state index contributed by atoms with van der Waals surface area (Å²) in [5.74, 6) is 0.0137. The third kappa shape index (κ3) is 23.3. The van der Waals surface area contributed by atoms with Crippen molar-refractivity contribution in [2.45, 2.75) is 197 Å². The lowest BCUT2D eigenvalue weighted by Crippen LogP contribution is -2.34. The van der Waals surface area contributed by atoms with Crippen LogP contribution >= 0.6 is 116 Å². The molecule has 49 nitrogen and oxygen atoms in total. The van der Waals surface area contributed by atoms with Gasteiger partial charge in [0.25, 0.3) is 22.2 Å². The molecule has 61 heteroatoms.